The topological polar surface area (TPSA) is 54.4 Å². The molecule has 1 N–H and O–H groups in total. The van der Waals surface area contributed by atoms with Crippen molar-refractivity contribution in [1.29, 1.82) is 0 Å². The lowest BCUT2D eigenvalue weighted by Crippen LogP contribution is -2.09. The number of hydrogen-bond acceptors (Lipinski definition) is 3. The normalized spacial score (nSPS) is 10.8. The first-order chi connectivity index (χ1) is 11.5. The molecule has 0 aliphatic rings. The molecule has 0 atom stereocenters. The quantitative estimate of drug-likeness (QED) is 0.540. The number of halogens is 1. The van der Waals surface area contributed by atoms with E-state index in [9.17, 15) is 14.7 Å². The third-order valence-electron chi connectivity index (χ3n) is 3.97. The molecule has 0 saturated heterocycles. The standard InChI is InChI=1S/C20H15ClO3/c1-12-8-19(23)16(10-17(12)21)20(24)11-18(22)15-7-6-13-4-2-3-5-14(13)9-15/h2-10,23H,11H2,1H3. The molecule has 0 amide bonds. The van der Waals surface area contributed by atoms with Crippen molar-refractivity contribution in [2.45, 2.75) is 13.3 Å². The molecule has 0 fully saturated rings. The number of phenols is 1. The first kappa shape index (κ1) is 16.2. The summed E-state index contributed by atoms with van der Waals surface area (Å²) in [5.74, 6) is -0.900. The van der Waals surface area contributed by atoms with Gasteiger partial charge in [-0.3, -0.25) is 9.59 Å². The lowest BCUT2D eigenvalue weighted by atomic mass is 9.98. The van der Waals surface area contributed by atoms with Gasteiger partial charge in [0.25, 0.3) is 0 Å². The Kier molecular flexibility index (Phi) is 4.36. The van der Waals surface area contributed by atoms with Gasteiger partial charge in [0.15, 0.2) is 11.6 Å². The van der Waals surface area contributed by atoms with Crippen LogP contribution in [0, 0.1) is 6.92 Å². The molecule has 0 aliphatic heterocycles. The van der Waals surface area contributed by atoms with Gasteiger partial charge in [-0.1, -0.05) is 48.0 Å². The van der Waals surface area contributed by atoms with Crippen LogP contribution in [0.3, 0.4) is 0 Å². The summed E-state index contributed by atoms with van der Waals surface area (Å²) in [6.07, 6.45) is -0.314. The number of benzene rings is 3. The molecule has 0 spiro atoms. The van der Waals surface area contributed by atoms with Gasteiger partial charge in [0.2, 0.25) is 0 Å². The van der Waals surface area contributed by atoms with E-state index in [4.69, 9.17) is 11.6 Å². The molecule has 4 heteroatoms. The minimum absolute atomic E-state index is 0.0692. The van der Waals surface area contributed by atoms with Gasteiger partial charge in [-0.2, -0.15) is 0 Å². The predicted octanol–water partition coefficient (Wildman–Crippen LogP) is 4.96. The Labute approximate surface area is 144 Å². The number of rotatable bonds is 4. The maximum atomic E-state index is 12.4. The summed E-state index contributed by atoms with van der Waals surface area (Å²) in [7, 11) is 0. The van der Waals surface area contributed by atoms with E-state index in [2.05, 4.69) is 0 Å². The Morgan fingerprint density at radius 1 is 0.958 bits per heavy atom. The fraction of sp³-hybridized carbons (Fsp3) is 0.100. The second-order valence-corrected chi connectivity index (χ2v) is 6.11. The number of carbonyl (C=O) groups is 2. The molecule has 0 radical (unpaired) electrons. The lowest BCUT2D eigenvalue weighted by Gasteiger charge is -2.07. The molecule has 3 aromatic rings. The maximum Gasteiger partial charge on any atom is 0.174 e. The molecule has 3 nitrogen and oxygen atoms in total. The second-order valence-electron chi connectivity index (χ2n) is 5.70. The van der Waals surface area contributed by atoms with Crippen LogP contribution >= 0.6 is 11.6 Å². The lowest BCUT2D eigenvalue weighted by molar-refractivity contribution is 0.0893. The van der Waals surface area contributed by atoms with Crippen molar-refractivity contribution >= 4 is 33.9 Å². The van der Waals surface area contributed by atoms with Crippen molar-refractivity contribution in [2.24, 2.45) is 0 Å². The smallest absolute Gasteiger partial charge is 0.174 e. The first-order valence-corrected chi connectivity index (χ1v) is 7.88. The van der Waals surface area contributed by atoms with E-state index in [0.717, 1.165) is 10.8 Å². The highest BCUT2D eigenvalue weighted by molar-refractivity contribution is 6.32. The van der Waals surface area contributed by atoms with E-state index in [-0.39, 0.29) is 23.5 Å². The molecule has 0 heterocycles. The molecule has 3 rings (SSSR count). The van der Waals surface area contributed by atoms with Crippen LogP contribution < -0.4 is 0 Å². The molecule has 0 aromatic heterocycles. The van der Waals surface area contributed by atoms with Crippen LogP contribution in [0.4, 0.5) is 0 Å². The number of phenolic OH excluding ortho intramolecular Hbond substituents is 1. The van der Waals surface area contributed by atoms with E-state index in [1.165, 1.54) is 12.1 Å². The molecule has 24 heavy (non-hydrogen) atoms. The average Bonchev–Trinajstić information content (AvgIpc) is 2.57. The zero-order valence-corrected chi connectivity index (χ0v) is 13.8. The zero-order valence-electron chi connectivity index (χ0n) is 13.0. The van der Waals surface area contributed by atoms with Gasteiger partial charge in [0.1, 0.15) is 5.75 Å². The van der Waals surface area contributed by atoms with Crippen molar-refractivity contribution in [3.8, 4) is 5.75 Å². The second kappa shape index (κ2) is 6.46. The van der Waals surface area contributed by atoms with Crippen LogP contribution in [-0.2, 0) is 0 Å². The summed E-state index contributed by atoms with van der Waals surface area (Å²) in [6, 6.07) is 15.9. The SMILES string of the molecule is Cc1cc(O)c(C(=O)CC(=O)c2ccc3ccccc3c2)cc1Cl. The molecule has 0 unspecified atom stereocenters. The summed E-state index contributed by atoms with van der Waals surface area (Å²) in [6.45, 7) is 1.73. The molecule has 0 bridgehead atoms. The van der Waals surface area contributed by atoms with Gasteiger partial charge in [0, 0.05) is 10.6 Å². The van der Waals surface area contributed by atoms with Crippen LogP contribution in [0.25, 0.3) is 10.8 Å². The van der Waals surface area contributed by atoms with Crippen LogP contribution in [0.5, 0.6) is 5.75 Å². The van der Waals surface area contributed by atoms with Crippen LogP contribution in [0.15, 0.2) is 54.6 Å². The van der Waals surface area contributed by atoms with Crippen molar-refractivity contribution in [3.05, 3.63) is 76.3 Å². The van der Waals surface area contributed by atoms with Crippen molar-refractivity contribution < 1.29 is 14.7 Å². The maximum absolute atomic E-state index is 12.4. The summed E-state index contributed by atoms with van der Waals surface area (Å²) in [5, 5.41) is 12.3. The molecule has 120 valence electrons. The Balaban J connectivity index is 1.85. The monoisotopic (exact) mass is 338 g/mol. The molecular formula is C20H15ClO3. The fourth-order valence-corrected chi connectivity index (χ4v) is 2.76. The van der Waals surface area contributed by atoms with Gasteiger partial charge in [0.05, 0.1) is 12.0 Å². The number of Topliss-reactive ketones (excluding diaryl/α,β-unsaturated/α-hetero) is 2. The highest BCUT2D eigenvalue weighted by atomic mass is 35.5. The Morgan fingerprint density at radius 3 is 2.42 bits per heavy atom. The third kappa shape index (κ3) is 3.17. The van der Waals surface area contributed by atoms with Gasteiger partial charge >= 0.3 is 0 Å². The highest BCUT2D eigenvalue weighted by Crippen LogP contribution is 2.27. The first-order valence-electron chi connectivity index (χ1n) is 7.50. The van der Waals surface area contributed by atoms with Gasteiger partial charge in [-0.25, -0.2) is 0 Å². The van der Waals surface area contributed by atoms with E-state index in [0.29, 0.717) is 16.1 Å². The number of aryl methyl sites for hydroxylation is 1. The van der Waals surface area contributed by atoms with Gasteiger partial charge in [-0.15, -0.1) is 0 Å². The summed E-state index contributed by atoms with van der Waals surface area (Å²) >= 11 is 6.00. The number of fused-ring (bicyclic) bond motifs is 1. The van der Waals surface area contributed by atoms with Crippen molar-refractivity contribution in [3.63, 3.8) is 0 Å². The third-order valence-corrected chi connectivity index (χ3v) is 4.38. The molecule has 3 aromatic carbocycles. The fourth-order valence-electron chi connectivity index (χ4n) is 2.60. The summed E-state index contributed by atoms with van der Waals surface area (Å²) < 4.78 is 0. The van der Waals surface area contributed by atoms with Crippen LogP contribution in [0.1, 0.15) is 32.7 Å². The number of ketones is 2. The number of carbonyl (C=O) groups excluding carboxylic acids is 2. The largest absolute Gasteiger partial charge is 0.507 e. The molecule has 0 saturated carbocycles. The van der Waals surface area contributed by atoms with E-state index in [1.54, 1.807) is 19.1 Å². The number of aromatic hydroxyl groups is 1. The summed E-state index contributed by atoms with van der Waals surface area (Å²) in [4.78, 5) is 24.7. The zero-order chi connectivity index (χ0) is 17.3. The Bertz CT molecular complexity index is 960. The van der Waals surface area contributed by atoms with Gasteiger partial charge < -0.3 is 5.11 Å². The Morgan fingerprint density at radius 2 is 1.67 bits per heavy atom. The van der Waals surface area contributed by atoms with Crippen LogP contribution in [-0.4, -0.2) is 16.7 Å². The van der Waals surface area contributed by atoms with E-state index < -0.39 is 5.78 Å². The highest BCUT2D eigenvalue weighted by Gasteiger charge is 2.18. The van der Waals surface area contributed by atoms with Crippen LogP contribution in [0.2, 0.25) is 5.02 Å². The average molecular weight is 339 g/mol. The van der Waals surface area contributed by atoms with E-state index >= 15 is 0 Å². The van der Waals surface area contributed by atoms with Crippen molar-refractivity contribution in [1.82, 2.24) is 0 Å². The molecule has 0 aliphatic carbocycles. The minimum Gasteiger partial charge on any atom is -0.507 e. The van der Waals surface area contributed by atoms with Gasteiger partial charge in [-0.05, 0) is 41.5 Å². The summed E-state index contributed by atoms with van der Waals surface area (Å²) in [5.41, 5.74) is 1.21. The number of hydrogen-bond donors (Lipinski definition) is 1. The Hall–Kier alpha value is -2.65. The predicted molar refractivity (Wildman–Crippen MR) is 95.1 cm³/mol. The molecular weight excluding hydrogens is 324 g/mol. The van der Waals surface area contributed by atoms with E-state index in [1.807, 2.05) is 30.3 Å². The minimum atomic E-state index is -0.451. The van der Waals surface area contributed by atoms with Crippen molar-refractivity contribution in [2.75, 3.05) is 0 Å².